The van der Waals surface area contributed by atoms with E-state index in [4.69, 9.17) is 18.0 Å². The number of nitrogens with two attached hydrogens (primary N) is 1. The van der Waals surface area contributed by atoms with Crippen LogP contribution in [0.1, 0.15) is 42.6 Å². The highest BCUT2D eigenvalue weighted by atomic mass is 32.1. The van der Waals surface area contributed by atoms with Crippen LogP contribution in [0.5, 0.6) is 0 Å². The fourth-order valence-corrected chi connectivity index (χ4v) is 3.11. The first-order chi connectivity index (χ1) is 9.54. The Balaban J connectivity index is 1.96. The maximum absolute atomic E-state index is 5.96. The van der Waals surface area contributed by atoms with E-state index in [0.717, 1.165) is 41.9 Å². The second kappa shape index (κ2) is 5.32. The number of nitrogens with zero attached hydrogens (tertiary/aromatic N) is 2. The maximum atomic E-state index is 5.96. The Morgan fingerprint density at radius 2 is 1.80 bits per heavy atom. The van der Waals surface area contributed by atoms with E-state index < -0.39 is 0 Å². The number of hydrogen-bond acceptors (Lipinski definition) is 3. The molecule has 0 aromatic carbocycles. The summed E-state index contributed by atoms with van der Waals surface area (Å²) in [5.74, 6) is 1.73. The van der Waals surface area contributed by atoms with Crippen molar-refractivity contribution < 1.29 is 0 Å². The van der Waals surface area contributed by atoms with Gasteiger partial charge in [-0.25, -0.2) is 0 Å². The predicted octanol–water partition coefficient (Wildman–Crippen LogP) is 2.96. The van der Waals surface area contributed by atoms with Gasteiger partial charge in [-0.3, -0.25) is 4.98 Å². The minimum Gasteiger partial charge on any atom is -0.389 e. The zero-order valence-electron chi connectivity index (χ0n) is 12.4. The van der Waals surface area contributed by atoms with Crippen molar-refractivity contribution in [1.29, 1.82) is 0 Å². The van der Waals surface area contributed by atoms with Crippen LogP contribution in [-0.4, -0.2) is 23.1 Å². The number of pyridine rings is 1. The molecule has 0 unspecified atom stereocenters. The Labute approximate surface area is 126 Å². The average molecular weight is 289 g/mol. The van der Waals surface area contributed by atoms with Crippen molar-refractivity contribution in [2.24, 2.45) is 17.6 Å². The summed E-state index contributed by atoms with van der Waals surface area (Å²) in [6.45, 7) is 6.35. The van der Waals surface area contributed by atoms with Gasteiger partial charge in [0, 0.05) is 24.5 Å². The smallest absolute Gasteiger partial charge is 0.107 e. The van der Waals surface area contributed by atoms with Gasteiger partial charge in [0.1, 0.15) is 4.99 Å². The minimum atomic E-state index is 0.474. The lowest BCUT2D eigenvalue weighted by atomic mass is 10.1. The summed E-state index contributed by atoms with van der Waals surface area (Å²) in [4.78, 5) is 7.53. The van der Waals surface area contributed by atoms with Crippen molar-refractivity contribution in [3.8, 4) is 0 Å². The lowest BCUT2D eigenvalue weighted by molar-refractivity contribution is 0.678. The van der Waals surface area contributed by atoms with Crippen molar-refractivity contribution >= 4 is 22.9 Å². The quantitative estimate of drug-likeness (QED) is 0.818. The molecule has 2 aliphatic carbocycles. The van der Waals surface area contributed by atoms with Gasteiger partial charge in [-0.2, -0.15) is 0 Å². The van der Waals surface area contributed by atoms with Crippen molar-refractivity contribution in [2.45, 2.75) is 39.5 Å². The molecule has 3 nitrogen and oxygen atoms in total. The summed E-state index contributed by atoms with van der Waals surface area (Å²) >= 11 is 5.27. The Morgan fingerprint density at radius 1 is 1.25 bits per heavy atom. The van der Waals surface area contributed by atoms with Crippen LogP contribution in [0.2, 0.25) is 0 Å². The van der Waals surface area contributed by atoms with E-state index in [1.165, 1.54) is 31.4 Å². The molecular weight excluding hydrogens is 266 g/mol. The first-order valence-corrected chi connectivity index (χ1v) is 7.98. The highest BCUT2D eigenvalue weighted by Crippen LogP contribution is 2.37. The molecule has 2 saturated carbocycles. The van der Waals surface area contributed by atoms with Gasteiger partial charge in [0.15, 0.2) is 0 Å². The Kier molecular flexibility index (Phi) is 3.67. The maximum Gasteiger partial charge on any atom is 0.107 e. The summed E-state index contributed by atoms with van der Waals surface area (Å²) < 4.78 is 0. The van der Waals surface area contributed by atoms with Gasteiger partial charge in [-0.15, -0.1) is 0 Å². The number of thiocarbonyl (C=S) groups is 1. The average Bonchev–Trinajstić information content (AvgIpc) is 3.21. The largest absolute Gasteiger partial charge is 0.389 e. The summed E-state index contributed by atoms with van der Waals surface area (Å²) in [7, 11) is 0. The third-order valence-corrected chi connectivity index (χ3v) is 4.45. The molecule has 0 spiro atoms. The Morgan fingerprint density at radius 3 is 2.25 bits per heavy atom. The molecule has 2 fully saturated rings. The van der Waals surface area contributed by atoms with E-state index in [9.17, 15) is 0 Å². The summed E-state index contributed by atoms with van der Waals surface area (Å²) in [5.41, 5.74) is 10.2. The van der Waals surface area contributed by atoms with Crippen LogP contribution in [0.4, 0.5) is 5.69 Å². The van der Waals surface area contributed by atoms with Crippen LogP contribution in [0.25, 0.3) is 0 Å². The van der Waals surface area contributed by atoms with Crippen LogP contribution >= 0.6 is 12.2 Å². The van der Waals surface area contributed by atoms with Gasteiger partial charge in [-0.05, 0) is 57.4 Å². The summed E-state index contributed by atoms with van der Waals surface area (Å²) in [6.07, 6.45) is 5.47. The molecule has 1 heterocycles. The highest BCUT2D eigenvalue weighted by Gasteiger charge is 2.31. The van der Waals surface area contributed by atoms with Crippen LogP contribution in [-0.2, 0) is 0 Å². The number of hydrogen-bond donors (Lipinski definition) is 1. The van der Waals surface area contributed by atoms with E-state index in [2.05, 4.69) is 16.0 Å². The Bertz CT molecular complexity index is 519. The third kappa shape index (κ3) is 3.11. The van der Waals surface area contributed by atoms with Crippen molar-refractivity contribution in [3.63, 3.8) is 0 Å². The molecule has 0 saturated heterocycles. The van der Waals surface area contributed by atoms with Gasteiger partial charge < -0.3 is 10.6 Å². The molecule has 0 atom stereocenters. The second-order valence-corrected chi connectivity index (χ2v) is 6.84. The summed E-state index contributed by atoms with van der Waals surface area (Å²) in [6, 6.07) is 2.16. The van der Waals surface area contributed by atoms with E-state index in [0.29, 0.717) is 4.99 Å². The van der Waals surface area contributed by atoms with Crippen molar-refractivity contribution in [2.75, 3.05) is 18.0 Å². The number of aryl methyl sites for hydroxylation is 2. The monoisotopic (exact) mass is 289 g/mol. The standard InChI is InChI=1S/C16H23N3S/c1-10-7-14(15(16(17)20)11(2)18-10)19(8-12-3-4-12)9-13-5-6-13/h7,12-13H,3-6,8-9H2,1-2H3,(H2,17,20). The fraction of sp³-hybridized carbons (Fsp3) is 0.625. The highest BCUT2D eigenvalue weighted by molar-refractivity contribution is 7.80. The van der Waals surface area contributed by atoms with Crippen molar-refractivity contribution in [1.82, 2.24) is 4.98 Å². The second-order valence-electron chi connectivity index (χ2n) is 6.40. The molecule has 0 bridgehead atoms. The zero-order valence-corrected chi connectivity index (χ0v) is 13.2. The van der Waals surface area contributed by atoms with Gasteiger partial charge in [0.05, 0.1) is 11.3 Å². The molecule has 4 heteroatoms. The lowest BCUT2D eigenvalue weighted by Crippen LogP contribution is -2.31. The number of aromatic nitrogens is 1. The van der Waals surface area contributed by atoms with E-state index >= 15 is 0 Å². The molecular formula is C16H23N3S. The summed E-state index contributed by atoms with van der Waals surface area (Å²) in [5, 5.41) is 0. The Hall–Kier alpha value is -1.16. The first-order valence-electron chi connectivity index (χ1n) is 7.57. The molecule has 1 aromatic heterocycles. The van der Waals surface area contributed by atoms with Crippen LogP contribution in [0, 0.1) is 25.7 Å². The van der Waals surface area contributed by atoms with E-state index in [1.807, 2.05) is 13.8 Å². The van der Waals surface area contributed by atoms with E-state index in [-0.39, 0.29) is 0 Å². The molecule has 108 valence electrons. The normalized spacial score (nSPS) is 18.1. The molecule has 0 amide bonds. The fourth-order valence-electron chi connectivity index (χ4n) is 2.86. The lowest BCUT2D eigenvalue weighted by Gasteiger charge is -2.28. The molecule has 2 aliphatic rings. The van der Waals surface area contributed by atoms with E-state index in [1.54, 1.807) is 0 Å². The van der Waals surface area contributed by atoms with Gasteiger partial charge in [0.2, 0.25) is 0 Å². The van der Waals surface area contributed by atoms with Gasteiger partial charge in [-0.1, -0.05) is 12.2 Å². The van der Waals surface area contributed by atoms with Gasteiger partial charge in [0.25, 0.3) is 0 Å². The number of anilines is 1. The van der Waals surface area contributed by atoms with Crippen LogP contribution < -0.4 is 10.6 Å². The molecule has 0 radical (unpaired) electrons. The van der Waals surface area contributed by atoms with Gasteiger partial charge >= 0.3 is 0 Å². The van der Waals surface area contributed by atoms with Crippen LogP contribution in [0.15, 0.2) is 6.07 Å². The molecule has 1 aromatic rings. The molecule has 3 rings (SSSR count). The van der Waals surface area contributed by atoms with Crippen molar-refractivity contribution in [3.05, 3.63) is 23.0 Å². The molecule has 2 N–H and O–H groups in total. The minimum absolute atomic E-state index is 0.474. The SMILES string of the molecule is Cc1cc(N(CC2CC2)CC2CC2)c(C(N)=S)c(C)n1. The molecule has 20 heavy (non-hydrogen) atoms. The predicted molar refractivity (Wildman–Crippen MR) is 87.3 cm³/mol. The first kappa shape index (κ1) is 13.8. The zero-order chi connectivity index (χ0) is 14.3. The molecule has 0 aliphatic heterocycles. The van der Waals surface area contributed by atoms with Crippen LogP contribution in [0.3, 0.4) is 0 Å². The third-order valence-electron chi connectivity index (χ3n) is 4.25. The number of rotatable bonds is 6. The topological polar surface area (TPSA) is 42.1 Å².